The van der Waals surface area contributed by atoms with Crippen LogP contribution < -0.4 is 4.90 Å². The van der Waals surface area contributed by atoms with Crippen molar-refractivity contribution in [2.24, 2.45) is 4.99 Å². The minimum atomic E-state index is 0.0821. The first-order valence-corrected chi connectivity index (χ1v) is 13.1. The maximum atomic E-state index is 13.8. The van der Waals surface area contributed by atoms with Crippen LogP contribution in [0.25, 0.3) is 0 Å². The molecule has 0 N–H and O–H groups in total. The average molecular weight is 484 g/mol. The number of thioether (sulfide) groups is 2. The highest BCUT2D eigenvalue weighted by Crippen LogP contribution is 2.51. The van der Waals surface area contributed by atoms with E-state index in [2.05, 4.69) is 36.9 Å². The molecule has 32 heavy (non-hydrogen) atoms. The number of amidine groups is 1. The fourth-order valence-corrected chi connectivity index (χ4v) is 7.15. The SMILES string of the molecule is Cc1ccc(N=C2SC(=C3Sc4ccc(Cl)cc4N3C)C(=O)N2C2CCCCC2)c(C)c1. The van der Waals surface area contributed by atoms with Crippen LogP contribution in [0.1, 0.15) is 43.2 Å². The molecule has 2 heterocycles. The highest BCUT2D eigenvalue weighted by atomic mass is 35.5. The van der Waals surface area contributed by atoms with Gasteiger partial charge in [0, 0.05) is 23.0 Å². The number of carbonyl (C=O) groups is 1. The zero-order chi connectivity index (χ0) is 22.4. The van der Waals surface area contributed by atoms with Crippen molar-refractivity contribution < 1.29 is 4.79 Å². The second-order valence-electron chi connectivity index (χ2n) is 8.66. The van der Waals surface area contributed by atoms with E-state index in [0.29, 0.717) is 5.02 Å². The Morgan fingerprint density at radius 1 is 1.03 bits per heavy atom. The van der Waals surface area contributed by atoms with E-state index >= 15 is 0 Å². The molecule has 0 atom stereocenters. The van der Waals surface area contributed by atoms with Crippen molar-refractivity contribution in [2.45, 2.75) is 56.9 Å². The maximum absolute atomic E-state index is 13.8. The van der Waals surface area contributed by atoms with E-state index in [1.165, 1.54) is 36.6 Å². The fourth-order valence-electron chi connectivity index (χ4n) is 4.61. The van der Waals surface area contributed by atoms with Crippen LogP contribution in [-0.2, 0) is 4.79 Å². The first-order chi connectivity index (χ1) is 15.4. The minimum absolute atomic E-state index is 0.0821. The Bertz CT molecular complexity index is 1150. The van der Waals surface area contributed by atoms with Gasteiger partial charge in [0.25, 0.3) is 5.91 Å². The van der Waals surface area contributed by atoms with E-state index in [4.69, 9.17) is 16.6 Å². The lowest BCUT2D eigenvalue weighted by Crippen LogP contribution is -2.40. The predicted octanol–water partition coefficient (Wildman–Crippen LogP) is 7.26. The van der Waals surface area contributed by atoms with Crippen molar-refractivity contribution in [3.05, 3.63) is 62.5 Å². The van der Waals surface area contributed by atoms with E-state index < -0.39 is 0 Å². The highest BCUT2D eigenvalue weighted by Gasteiger charge is 2.42. The molecule has 0 bridgehead atoms. The van der Waals surface area contributed by atoms with E-state index in [0.717, 1.165) is 49.8 Å². The number of benzene rings is 2. The molecular formula is C25H26ClN3OS2. The van der Waals surface area contributed by atoms with Crippen molar-refractivity contribution in [3.63, 3.8) is 0 Å². The van der Waals surface area contributed by atoms with Gasteiger partial charge in [-0.3, -0.25) is 9.69 Å². The number of carbonyl (C=O) groups excluding carboxylic acids is 1. The summed E-state index contributed by atoms with van der Waals surface area (Å²) in [7, 11) is 2.01. The predicted molar refractivity (Wildman–Crippen MR) is 137 cm³/mol. The first kappa shape index (κ1) is 21.9. The van der Waals surface area contributed by atoms with Crippen molar-refractivity contribution >= 4 is 57.6 Å². The number of hydrogen-bond acceptors (Lipinski definition) is 5. The molecule has 7 heteroatoms. The maximum Gasteiger partial charge on any atom is 0.269 e. The molecule has 2 aromatic carbocycles. The quantitative estimate of drug-likeness (QED) is 0.421. The second kappa shape index (κ2) is 8.81. The molecule has 1 saturated heterocycles. The number of aliphatic imine (C=N–C) groups is 1. The molecule has 4 nitrogen and oxygen atoms in total. The molecule has 1 amide bonds. The van der Waals surface area contributed by atoms with Crippen LogP contribution in [0.5, 0.6) is 0 Å². The molecule has 0 spiro atoms. The normalized spacial score (nSPS) is 22.9. The molecule has 1 saturated carbocycles. The van der Waals surface area contributed by atoms with Crippen LogP contribution in [0.3, 0.4) is 0 Å². The molecule has 2 aliphatic heterocycles. The average Bonchev–Trinajstić information content (AvgIpc) is 3.27. The van der Waals surface area contributed by atoms with Crippen LogP contribution in [0.15, 0.2) is 56.2 Å². The Morgan fingerprint density at radius 2 is 1.81 bits per heavy atom. The number of fused-ring (bicyclic) bond motifs is 1. The van der Waals surface area contributed by atoms with Gasteiger partial charge in [-0.1, -0.05) is 60.3 Å². The van der Waals surface area contributed by atoms with Gasteiger partial charge in [0.05, 0.1) is 16.4 Å². The van der Waals surface area contributed by atoms with Crippen molar-refractivity contribution in [3.8, 4) is 0 Å². The third kappa shape index (κ3) is 3.97. The lowest BCUT2D eigenvalue weighted by Gasteiger charge is -2.30. The number of hydrogen-bond donors (Lipinski definition) is 0. The van der Waals surface area contributed by atoms with E-state index in [1.54, 1.807) is 11.8 Å². The van der Waals surface area contributed by atoms with Gasteiger partial charge in [-0.15, -0.1) is 0 Å². The summed E-state index contributed by atoms with van der Waals surface area (Å²) in [6, 6.07) is 12.4. The van der Waals surface area contributed by atoms with Gasteiger partial charge < -0.3 is 4.90 Å². The van der Waals surface area contributed by atoms with Crippen LogP contribution in [0, 0.1) is 13.8 Å². The summed E-state index contributed by atoms with van der Waals surface area (Å²) in [6.07, 6.45) is 5.66. The Morgan fingerprint density at radius 3 is 2.56 bits per heavy atom. The Labute approximate surface area is 203 Å². The zero-order valence-electron chi connectivity index (χ0n) is 18.5. The van der Waals surface area contributed by atoms with Crippen molar-refractivity contribution in [2.75, 3.05) is 11.9 Å². The number of rotatable bonds is 2. The van der Waals surface area contributed by atoms with Gasteiger partial charge in [0.2, 0.25) is 0 Å². The summed E-state index contributed by atoms with van der Waals surface area (Å²) in [4.78, 5) is 24.8. The molecule has 2 fully saturated rings. The standard InChI is InChI=1S/C25H26ClN3OS2/c1-15-9-11-19(16(2)13-15)27-25-29(18-7-5-4-6-8-18)23(30)22(32-25)24-28(3)20-14-17(26)10-12-21(20)31-24/h9-14,18H,4-8H2,1-3H3. The smallest absolute Gasteiger partial charge is 0.269 e. The second-order valence-corrected chi connectivity index (χ2v) is 11.1. The largest absolute Gasteiger partial charge is 0.337 e. The third-order valence-corrected chi connectivity index (χ3v) is 8.95. The molecule has 5 rings (SSSR count). The van der Waals surface area contributed by atoms with E-state index in [9.17, 15) is 4.79 Å². The summed E-state index contributed by atoms with van der Waals surface area (Å²) in [5, 5.41) is 2.47. The lowest BCUT2D eigenvalue weighted by atomic mass is 9.94. The van der Waals surface area contributed by atoms with Crippen LogP contribution in [0.4, 0.5) is 11.4 Å². The topological polar surface area (TPSA) is 35.9 Å². The Kier molecular flexibility index (Phi) is 6.03. The van der Waals surface area contributed by atoms with Crippen LogP contribution in [0.2, 0.25) is 5.02 Å². The third-order valence-electron chi connectivity index (χ3n) is 6.31. The molecule has 3 aliphatic rings. The van der Waals surface area contributed by atoms with Crippen molar-refractivity contribution in [1.29, 1.82) is 0 Å². The van der Waals surface area contributed by atoms with Gasteiger partial charge in [0.15, 0.2) is 5.17 Å². The monoisotopic (exact) mass is 483 g/mol. The van der Waals surface area contributed by atoms with Gasteiger partial charge in [-0.25, -0.2) is 4.99 Å². The molecule has 0 aromatic heterocycles. The molecule has 1 aliphatic carbocycles. The summed E-state index contributed by atoms with van der Waals surface area (Å²) in [5.41, 5.74) is 4.32. The van der Waals surface area contributed by atoms with Crippen molar-refractivity contribution in [1.82, 2.24) is 4.90 Å². The van der Waals surface area contributed by atoms with E-state index in [1.807, 2.05) is 30.1 Å². The summed E-state index contributed by atoms with van der Waals surface area (Å²) < 4.78 is 0. The number of amides is 1. The number of nitrogens with zero attached hydrogens (tertiary/aromatic N) is 3. The van der Waals surface area contributed by atoms with Gasteiger partial charge in [-0.05, 0) is 68.3 Å². The number of aryl methyl sites for hydroxylation is 2. The van der Waals surface area contributed by atoms with E-state index in [-0.39, 0.29) is 11.9 Å². The molecule has 0 unspecified atom stereocenters. The van der Waals surface area contributed by atoms with Gasteiger partial charge >= 0.3 is 0 Å². The number of halogens is 1. The lowest BCUT2D eigenvalue weighted by molar-refractivity contribution is -0.124. The zero-order valence-corrected chi connectivity index (χ0v) is 20.9. The molecule has 0 radical (unpaired) electrons. The summed E-state index contributed by atoms with van der Waals surface area (Å²) in [6.45, 7) is 4.17. The van der Waals surface area contributed by atoms with Gasteiger partial charge in [0.1, 0.15) is 4.91 Å². The minimum Gasteiger partial charge on any atom is -0.337 e. The Balaban J connectivity index is 1.57. The van der Waals surface area contributed by atoms with Gasteiger partial charge in [-0.2, -0.15) is 0 Å². The Hall–Kier alpha value is -1.89. The molecule has 166 valence electrons. The molecule has 2 aromatic rings. The summed E-state index contributed by atoms with van der Waals surface area (Å²) in [5.74, 6) is 0.0821. The summed E-state index contributed by atoms with van der Waals surface area (Å²) >= 11 is 9.39. The molecular weight excluding hydrogens is 458 g/mol. The number of anilines is 1. The highest BCUT2D eigenvalue weighted by molar-refractivity contribution is 8.19. The van der Waals surface area contributed by atoms with Crippen LogP contribution in [-0.4, -0.2) is 29.1 Å². The first-order valence-electron chi connectivity index (χ1n) is 11.0. The van der Waals surface area contributed by atoms with Crippen LogP contribution >= 0.6 is 35.1 Å². The fraction of sp³-hybridized carbons (Fsp3) is 0.360.